The molecule has 0 aliphatic heterocycles. The summed E-state index contributed by atoms with van der Waals surface area (Å²) in [7, 11) is 0. The van der Waals surface area contributed by atoms with Crippen molar-refractivity contribution >= 4 is 0 Å². The highest BCUT2D eigenvalue weighted by atomic mass is 14.0. The van der Waals surface area contributed by atoms with Crippen LogP contribution in [0.15, 0.2) is 47.6 Å². The van der Waals surface area contributed by atoms with Crippen LogP contribution in [0, 0.1) is 11.8 Å². The highest BCUT2D eigenvalue weighted by Gasteiger charge is 1.97. The molecule has 0 spiro atoms. The smallest absolute Gasteiger partial charge is 0.00269 e. The van der Waals surface area contributed by atoms with Crippen LogP contribution >= 0.6 is 0 Å². The van der Waals surface area contributed by atoms with Gasteiger partial charge >= 0.3 is 0 Å². The fourth-order valence-corrected chi connectivity index (χ4v) is 1.57. The maximum Gasteiger partial charge on any atom is 0.00269 e. The Morgan fingerprint density at radius 1 is 0.786 bits per heavy atom. The highest BCUT2D eigenvalue weighted by Crippen LogP contribution is 2.13. The second-order valence-electron chi connectivity index (χ2n) is 3.57. The van der Waals surface area contributed by atoms with Gasteiger partial charge in [-0.2, -0.15) is 0 Å². The molecule has 0 saturated heterocycles. The Morgan fingerprint density at radius 3 is 1.64 bits per heavy atom. The summed E-state index contributed by atoms with van der Waals surface area (Å²) in [6.07, 6.45) is 17.3. The molecule has 0 nitrogen and oxygen atoms in total. The van der Waals surface area contributed by atoms with Gasteiger partial charge in [0.25, 0.3) is 0 Å². The van der Waals surface area contributed by atoms with Crippen LogP contribution in [0.2, 0.25) is 0 Å². The Kier molecular flexibility index (Phi) is 3.03. The van der Waals surface area contributed by atoms with Crippen molar-refractivity contribution in [1.82, 2.24) is 0 Å². The van der Waals surface area contributed by atoms with Crippen molar-refractivity contribution < 1.29 is 0 Å². The molecule has 0 heteroatoms. The molecule has 0 aromatic carbocycles. The minimum atomic E-state index is 1.10. The first kappa shape index (κ1) is 9.09. The minimum Gasteiger partial charge on any atom is -0.0842 e. The third kappa shape index (κ3) is 2.50. The van der Waals surface area contributed by atoms with Gasteiger partial charge in [0.15, 0.2) is 0 Å². The van der Waals surface area contributed by atoms with Crippen LogP contribution in [0.1, 0.15) is 25.7 Å². The number of hydrogen-bond donors (Lipinski definition) is 0. The molecule has 0 N–H and O–H groups in total. The molecule has 0 heterocycles. The zero-order valence-corrected chi connectivity index (χ0v) is 8.29. The van der Waals surface area contributed by atoms with Gasteiger partial charge in [-0.05, 0) is 25.7 Å². The van der Waals surface area contributed by atoms with Crippen molar-refractivity contribution in [3.63, 3.8) is 0 Å². The molecular formula is C14H14. The van der Waals surface area contributed by atoms with Crippen molar-refractivity contribution in [2.75, 3.05) is 0 Å². The first-order valence-electron chi connectivity index (χ1n) is 5.18. The Hall–Kier alpha value is -1.48. The summed E-state index contributed by atoms with van der Waals surface area (Å²) < 4.78 is 0. The topological polar surface area (TPSA) is 0 Å². The van der Waals surface area contributed by atoms with E-state index in [1.807, 2.05) is 0 Å². The summed E-state index contributed by atoms with van der Waals surface area (Å²) in [5.41, 5.74) is 2.53. The Bertz CT molecular complexity index is 342. The van der Waals surface area contributed by atoms with Crippen molar-refractivity contribution in [1.29, 1.82) is 0 Å². The summed E-state index contributed by atoms with van der Waals surface area (Å²) >= 11 is 0. The quantitative estimate of drug-likeness (QED) is 0.503. The van der Waals surface area contributed by atoms with Crippen LogP contribution in [0.25, 0.3) is 0 Å². The molecule has 2 rings (SSSR count). The first-order chi connectivity index (χ1) is 6.95. The van der Waals surface area contributed by atoms with Gasteiger partial charge in [0.1, 0.15) is 0 Å². The summed E-state index contributed by atoms with van der Waals surface area (Å²) in [6, 6.07) is 0. The lowest BCUT2D eigenvalue weighted by Gasteiger charge is -2.02. The predicted octanol–water partition coefficient (Wildman–Crippen LogP) is 3.54. The van der Waals surface area contributed by atoms with Crippen LogP contribution in [-0.2, 0) is 0 Å². The van der Waals surface area contributed by atoms with E-state index in [9.17, 15) is 0 Å². The van der Waals surface area contributed by atoms with E-state index in [0.717, 1.165) is 25.7 Å². The van der Waals surface area contributed by atoms with Gasteiger partial charge < -0.3 is 0 Å². The summed E-state index contributed by atoms with van der Waals surface area (Å²) in [4.78, 5) is 0. The average molecular weight is 182 g/mol. The molecule has 2 aliphatic rings. The van der Waals surface area contributed by atoms with Gasteiger partial charge in [-0.25, -0.2) is 0 Å². The minimum absolute atomic E-state index is 1.10. The Labute approximate surface area is 85.7 Å². The second kappa shape index (κ2) is 4.67. The van der Waals surface area contributed by atoms with E-state index in [1.165, 1.54) is 11.1 Å². The zero-order valence-electron chi connectivity index (χ0n) is 8.29. The van der Waals surface area contributed by atoms with E-state index in [2.05, 4.69) is 48.3 Å². The zero-order chi connectivity index (χ0) is 9.64. The summed E-state index contributed by atoms with van der Waals surface area (Å²) in [6.45, 7) is 0. The van der Waals surface area contributed by atoms with Crippen LogP contribution < -0.4 is 0 Å². The normalized spacial score (nSPS) is 19.4. The Morgan fingerprint density at radius 2 is 1.29 bits per heavy atom. The third-order valence-corrected chi connectivity index (χ3v) is 2.41. The largest absolute Gasteiger partial charge is 0.0842 e. The van der Waals surface area contributed by atoms with E-state index >= 15 is 0 Å². The van der Waals surface area contributed by atoms with Crippen LogP contribution in [-0.4, -0.2) is 0 Å². The van der Waals surface area contributed by atoms with E-state index in [4.69, 9.17) is 0 Å². The molecule has 0 amide bonds. The van der Waals surface area contributed by atoms with Crippen molar-refractivity contribution in [2.45, 2.75) is 25.7 Å². The fourth-order valence-electron chi connectivity index (χ4n) is 1.57. The summed E-state index contributed by atoms with van der Waals surface area (Å²) in [5.74, 6) is 6.50. The van der Waals surface area contributed by atoms with Gasteiger partial charge in [0.2, 0.25) is 0 Å². The van der Waals surface area contributed by atoms with Gasteiger partial charge in [-0.1, -0.05) is 48.3 Å². The maximum absolute atomic E-state index is 3.25. The lowest BCUT2D eigenvalue weighted by Crippen LogP contribution is -1.86. The van der Waals surface area contributed by atoms with E-state index < -0.39 is 0 Å². The lowest BCUT2D eigenvalue weighted by atomic mass is 10.0. The average Bonchev–Trinajstić information content (AvgIpc) is 2.29. The molecule has 0 atom stereocenters. The predicted molar refractivity (Wildman–Crippen MR) is 60.7 cm³/mol. The van der Waals surface area contributed by atoms with E-state index in [0.29, 0.717) is 0 Å². The monoisotopic (exact) mass is 182 g/mol. The number of allylic oxidation sites excluding steroid dienone is 8. The van der Waals surface area contributed by atoms with Gasteiger partial charge in [0.05, 0.1) is 0 Å². The number of hydrogen-bond acceptors (Lipinski definition) is 0. The molecule has 0 saturated carbocycles. The fraction of sp³-hybridized carbons (Fsp3) is 0.286. The lowest BCUT2D eigenvalue weighted by molar-refractivity contribution is 0.992. The first-order valence-corrected chi connectivity index (χ1v) is 5.18. The molecule has 0 fully saturated rings. The second-order valence-corrected chi connectivity index (χ2v) is 3.57. The molecule has 0 aromatic heterocycles. The molecule has 0 unspecified atom stereocenters. The maximum atomic E-state index is 3.25. The Balaban J connectivity index is 2.05. The standard InChI is InChI=1S/C14H14/c1-3-7-13(8-4-1)11-12-14-9-5-2-6-10-14/h1-3,5,7,9H,4,6,8,10H2. The molecule has 2 aliphatic carbocycles. The van der Waals surface area contributed by atoms with E-state index in [1.54, 1.807) is 0 Å². The summed E-state index contributed by atoms with van der Waals surface area (Å²) in [5, 5.41) is 0. The van der Waals surface area contributed by atoms with Crippen LogP contribution in [0.4, 0.5) is 0 Å². The van der Waals surface area contributed by atoms with Crippen molar-refractivity contribution in [3.8, 4) is 11.8 Å². The molecule has 0 aromatic rings. The van der Waals surface area contributed by atoms with Crippen LogP contribution in [0.3, 0.4) is 0 Å². The highest BCUT2D eigenvalue weighted by molar-refractivity contribution is 5.42. The van der Waals surface area contributed by atoms with Gasteiger partial charge in [-0.15, -0.1) is 0 Å². The number of rotatable bonds is 0. The van der Waals surface area contributed by atoms with Gasteiger partial charge in [-0.3, -0.25) is 0 Å². The van der Waals surface area contributed by atoms with Crippen molar-refractivity contribution in [3.05, 3.63) is 47.6 Å². The van der Waals surface area contributed by atoms with Crippen molar-refractivity contribution in [2.24, 2.45) is 0 Å². The van der Waals surface area contributed by atoms with Gasteiger partial charge in [0, 0.05) is 11.1 Å². The van der Waals surface area contributed by atoms with E-state index in [-0.39, 0.29) is 0 Å². The molecule has 70 valence electrons. The third-order valence-electron chi connectivity index (χ3n) is 2.41. The SMILES string of the molecule is C(#CC1=CC=CCC1)C1=CC=CCC1. The molecular weight excluding hydrogens is 168 g/mol. The van der Waals surface area contributed by atoms with Crippen LogP contribution in [0.5, 0.6) is 0 Å². The molecule has 0 radical (unpaired) electrons. The molecule has 14 heavy (non-hydrogen) atoms. The molecule has 0 bridgehead atoms.